The molecule has 1 N–H and O–H groups in total. The van der Waals surface area contributed by atoms with Crippen molar-refractivity contribution in [3.63, 3.8) is 0 Å². The number of amides is 2. The molecule has 28 heavy (non-hydrogen) atoms. The lowest BCUT2D eigenvalue weighted by Crippen LogP contribution is -2.35. The van der Waals surface area contributed by atoms with Crippen LogP contribution in [0.15, 0.2) is 54.6 Å². The largest absolute Gasteiger partial charge is 0.494 e. The second kappa shape index (κ2) is 9.40. The molecule has 0 aliphatic carbocycles. The van der Waals surface area contributed by atoms with Crippen LogP contribution in [-0.2, 0) is 9.59 Å². The van der Waals surface area contributed by atoms with E-state index in [0.29, 0.717) is 6.61 Å². The van der Waals surface area contributed by atoms with Gasteiger partial charge in [-0.1, -0.05) is 42.5 Å². The molecule has 5 heteroatoms. The molecule has 2 aromatic carbocycles. The Morgan fingerprint density at radius 2 is 1.86 bits per heavy atom. The summed E-state index contributed by atoms with van der Waals surface area (Å²) in [5, 5.41) is 2.92. The zero-order valence-electron chi connectivity index (χ0n) is 16.6. The normalized spacial score (nSPS) is 17.2. The average Bonchev–Trinajstić information content (AvgIpc) is 3.19. The van der Waals surface area contributed by atoms with Gasteiger partial charge in [0.25, 0.3) is 0 Å². The van der Waals surface area contributed by atoms with E-state index in [9.17, 15) is 9.59 Å². The molecular formula is C23H28N2O3. The summed E-state index contributed by atoms with van der Waals surface area (Å²) in [7, 11) is 0. The molecule has 3 rings (SSSR count). The van der Waals surface area contributed by atoms with Crippen molar-refractivity contribution in [2.45, 2.75) is 45.2 Å². The summed E-state index contributed by atoms with van der Waals surface area (Å²) in [4.78, 5) is 26.7. The molecule has 2 atom stereocenters. The van der Waals surface area contributed by atoms with Crippen molar-refractivity contribution in [3.8, 4) is 5.75 Å². The third kappa shape index (κ3) is 4.91. The number of nitrogens with zero attached hydrogens (tertiary/aromatic N) is 1. The molecule has 1 heterocycles. The molecule has 148 valence electrons. The van der Waals surface area contributed by atoms with Crippen molar-refractivity contribution in [1.29, 1.82) is 0 Å². The van der Waals surface area contributed by atoms with E-state index in [4.69, 9.17) is 4.74 Å². The van der Waals surface area contributed by atoms with Crippen LogP contribution in [0.2, 0.25) is 0 Å². The third-order valence-corrected chi connectivity index (χ3v) is 5.11. The highest BCUT2D eigenvalue weighted by Crippen LogP contribution is 2.34. The predicted octanol–water partition coefficient (Wildman–Crippen LogP) is 4.02. The molecule has 0 radical (unpaired) electrons. The minimum atomic E-state index is -0.312. The van der Waals surface area contributed by atoms with Crippen molar-refractivity contribution in [1.82, 2.24) is 10.2 Å². The number of nitrogens with one attached hydrogen (secondary N) is 1. The van der Waals surface area contributed by atoms with Crippen molar-refractivity contribution < 1.29 is 14.3 Å². The lowest BCUT2D eigenvalue weighted by atomic mass is 10.0. The van der Waals surface area contributed by atoms with E-state index in [1.54, 1.807) is 0 Å². The molecule has 0 saturated carbocycles. The number of likely N-dealkylation sites (tertiary alicyclic amines) is 1. The van der Waals surface area contributed by atoms with Crippen LogP contribution in [0.3, 0.4) is 0 Å². The van der Waals surface area contributed by atoms with Crippen molar-refractivity contribution >= 4 is 11.8 Å². The first-order valence-electron chi connectivity index (χ1n) is 9.92. The van der Waals surface area contributed by atoms with E-state index in [1.165, 1.54) is 6.92 Å². The molecule has 1 aliphatic rings. The molecule has 1 fully saturated rings. The fourth-order valence-corrected chi connectivity index (χ4v) is 3.84. The van der Waals surface area contributed by atoms with Gasteiger partial charge in [0.15, 0.2) is 0 Å². The Morgan fingerprint density at radius 3 is 2.50 bits per heavy atom. The molecule has 1 saturated heterocycles. The number of ether oxygens (including phenoxy) is 1. The number of carbonyl (C=O) groups excluding carboxylic acids is 2. The molecule has 5 nitrogen and oxygen atoms in total. The summed E-state index contributed by atoms with van der Waals surface area (Å²) in [6, 6.07) is 17.5. The van der Waals surface area contributed by atoms with Crippen LogP contribution >= 0.6 is 0 Å². The van der Waals surface area contributed by atoms with Gasteiger partial charge in [0.2, 0.25) is 11.8 Å². The van der Waals surface area contributed by atoms with Gasteiger partial charge in [0.1, 0.15) is 5.75 Å². The summed E-state index contributed by atoms with van der Waals surface area (Å²) in [5.74, 6) is 0.780. The first-order chi connectivity index (χ1) is 13.6. The second-order valence-electron chi connectivity index (χ2n) is 7.12. The van der Waals surface area contributed by atoms with Gasteiger partial charge in [-0.3, -0.25) is 9.59 Å². The standard InChI is InChI=1S/C23H28N2O3/c1-3-28-20-13-11-19(12-14-20)22-10-7-15-25(22)23(27)16-21(24-17(2)26)18-8-5-4-6-9-18/h4-6,8-9,11-14,21-22H,3,7,10,15-16H2,1-2H3,(H,24,26). The Morgan fingerprint density at radius 1 is 1.14 bits per heavy atom. The van der Waals surface area contributed by atoms with Gasteiger partial charge in [0.05, 0.1) is 25.1 Å². The first kappa shape index (κ1) is 19.9. The smallest absolute Gasteiger partial charge is 0.225 e. The van der Waals surface area contributed by atoms with Crippen molar-refractivity contribution in [3.05, 3.63) is 65.7 Å². The summed E-state index contributed by atoms with van der Waals surface area (Å²) in [6.07, 6.45) is 2.20. The van der Waals surface area contributed by atoms with Gasteiger partial charge >= 0.3 is 0 Å². The Labute approximate surface area is 166 Å². The highest BCUT2D eigenvalue weighted by atomic mass is 16.5. The monoisotopic (exact) mass is 380 g/mol. The Hall–Kier alpha value is -2.82. The molecule has 0 aromatic heterocycles. The quantitative estimate of drug-likeness (QED) is 0.789. The maximum Gasteiger partial charge on any atom is 0.225 e. The van der Waals surface area contributed by atoms with E-state index in [2.05, 4.69) is 5.32 Å². The summed E-state index contributed by atoms with van der Waals surface area (Å²) >= 11 is 0. The highest BCUT2D eigenvalue weighted by Gasteiger charge is 2.31. The molecule has 2 aromatic rings. The van der Waals surface area contributed by atoms with Crippen LogP contribution < -0.4 is 10.1 Å². The summed E-state index contributed by atoms with van der Waals surface area (Å²) < 4.78 is 5.52. The molecule has 1 aliphatic heterocycles. The Kier molecular flexibility index (Phi) is 6.69. The van der Waals surface area contributed by atoms with E-state index in [1.807, 2.05) is 66.4 Å². The fourth-order valence-electron chi connectivity index (χ4n) is 3.84. The van der Waals surface area contributed by atoms with E-state index < -0.39 is 0 Å². The van der Waals surface area contributed by atoms with Crippen LogP contribution in [-0.4, -0.2) is 29.9 Å². The summed E-state index contributed by atoms with van der Waals surface area (Å²) in [5.41, 5.74) is 2.08. The van der Waals surface area contributed by atoms with Crippen LogP contribution in [0.5, 0.6) is 5.75 Å². The van der Waals surface area contributed by atoms with Crippen LogP contribution in [0.25, 0.3) is 0 Å². The predicted molar refractivity (Wildman–Crippen MR) is 109 cm³/mol. The Balaban J connectivity index is 1.73. The van der Waals surface area contributed by atoms with E-state index >= 15 is 0 Å². The van der Waals surface area contributed by atoms with Crippen LogP contribution in [0, 0.1) is 0 Å². The third-order valence-electron chi connectivity index (χ3n) is 5.11. The lowest BCUT2D eigenvalue weighted by molar-refractivity contribution is -0.133. The zero-order chi connectivity index (χ0) is 19.9. The number of benzene rings is 2. The van der Waals surface area contributed by atoms with Gasteiger partial charge in [-0.25, -0.2) is 0 Å². The molecule has 0 spiro atoms. The van der Waals surface area contributed by atoms with Gasteiger partial charge in [-0.2, -0.15) is 0 Å². The Bertz CT molecular complexity index is 789. The average molecular weight is 380 g/mol. The molecule has 2 unspecified atom stereocenters. The second-order valence-corrected chi connectivity index (χ2v) is 7.12. The minimum absolute atomic E-state index is 0.0685. The first-order valence-corrected chi connectivity index (χ1v) is 9.92. The van der Waals surface area contributed by atoms with Crippen LogP contribution in [0.1, 0.15) is 56.3 Å². The number of hydrogen-bond donors (Lipinski definition) is 1. The van der Waals surface area contributed by atoms with Gasteiger partial charge in [-0.05, 0) is 43.0 Å². The minimum Gasteiger partial charge on any atom is -0.494 e. The highest BCUT2D eigenvalue weighted by molar-refractivity contribution is 5.80. The maximum atomic E-state index is 13.1. The topological polar surface area (TPSA) is 58.6 Å². The fraction of sp³-hybridized carbons (Fsp3) is 0.391. The van der Waals surface area contributed by atoms with Crippen LogP contribution in [0.4, 0.5) is 0 Å². The van der Waals surface area contributed by atoms with E-state index in [-0.39, 0.29) is 30.3 Å². The van der Waals surface area contributed by atoms with Gasteiger partial charge in [-0.15, -0.1) is 0 Å². The maximum absolute atomic E-state index is 13.1. The number of hydrogen-bond acceptors (Lipinski definition) is 3. The number of rotatable bonds is 7. The molecule has 0 bridgehead atoms. The summed E-state index contributed by atoms with van der Waals surface area (Å²) in [6.45, 7) is 4.83. The SMILES string of the molecule is CCOc1ccc(C2CCCN2C(=O)CC(NC(C)=O)c2ccccc2)cc1. The van der Waals surface area contributed by atoms with Gasteiger partial charge < -0.3 is 15.0 Å². The molecule has 2 amide bonds. The lowest BCUT2D eigenvalue weighted by Gasteiger charge is -2.28. The molecular weight excluding hydrogens is 352 g/mol. The number of carbonyl (C=O) groups is 2. The van der Waals surface area contributed by atoms with Crippen molar-refractivity contribution in [2.75, 3.05) is 13.2 Å². The van der Waals surface area contributed by atoms with E-state index in [0.717, 1.165) is 36.3 Å². The van der Waals surface area contributed by atoms with Gasteiger partial charge in [0, 0.05) is 13.5 Å². The zero-order valence-corrected chi connectivity index (χ0v) is 16.6. The van der Waals surface area contributed by atoms with Crippen molar-refractivity contribution in [2.24, 2.45) is 0 Å².